The van der Waals surface area contributed by atoms with Crippen molar-refractivity contribution in [3.05, 3.63) is 27.8 Å². The molecule has 1 amide bonds. The zero-order valence-electron chi connectivity index (χ0n) is 13.0. The Bertz CT molecular complexity index is 673. The van der Waals surface area contributed by atoms with Gasteiger partial charge < -0.3 is 10.1 Å². The third kappa shape index (κ3) is 3.47. The summed E-state index contributed by atoms with van der Waals surface area (Å²) in [5, 5.41) is 10.2. The van der Waals surface area contributed by atoms with Gasteiger partial charge in [0.25, 0.3) is 5.91 Å². The number of hydrogen-bond donors (Lipinski definition) is 1. The maximum atomic E-state index is 12.2. The number of nitrogens with one attached hydrogen (secondary N) is 1. The van der Waals surface area contributed by atoms with Crippen molar-refractivity contribution in [1.82, 2.24) is 20.1 Å². The standard InChI is InChI=1S/C15H20N4O2S/c1-9(2)21-13-6-12(18-19(13)3)14(20)16-7-11-8-22-15(17-11)10-4-5-10/h6,8-10H,4-5,7H2,1-3H3,(H,16,20). The molecule has 0 spiro atoms. The average Bonchev–Trinajstić information content (AvgIpc) is 3.10. The molecule has 0 aromatic carbocycles. The highest BCUT2D eigenvalue weighted by Gasteiger charge is 2.26. The molecule has 7 heteroatoms. The summed E-state index contributed by atoms with van der Waals surface area (Å²) in [6, 6.07) is 1.66. The molecule has 118 valence electrons. The molecule has 0 atom stereocenters. The lowest BCUT2D eigenvalue weighted by Crippen LogP contribution is -2.23. The fourth-order valence-electron chi connectivity index (χ4n) is 2.10. The molecular formula is C15H20N4O2S. The summed E-state index contributed by atoms with van der Waals surface area (Å²) < 4.78 is 7.16. The molecular weight excluding hydrogens is 300 g/mol. The summed E-state index contributed by atoms with van der Waals surface area (Å²) in [6.45, 7) is 4.30. The minimum atomic E-state index is -0.213. The molecule has 1 saturated carbocycles. The first-order valence-corrected chi connectivity index (χ1v) is 8.34. The van der Waals surface area contributed by atoms with E-state index in [0.717, 1.165) is 5.69 Å². The fraction of sp³-hybridized carbons (Fsp3) is 0.533. The number of carbonyl (C=O) groups is 1. The van der Waals surface area contributed by atoms with Crippen molar-refractivity contribution in [2.75, 3.05) is 0 Å². The number of ether oxygens (including phenoxy) is 1. The van der Waals surface area contributed by atoms with Gasteiger partial charge in [0.2, 0.25) is 5.88 Å². The van der Waals surface area contributed by atoms with Gasteiger partial charge in [-0.15, -0.1) is 11.3 Å². The Labute approximate surface area is 133 Å². The zero-order valence-corrected chi connectivity index (χ0v) is 13.8. The van der Waals surface area contributed by atoms with Gasteiger partial charge in [0.15, 0.2) is 5.69 Å². The first-order valence-electron chi connectivity index (χ1n) is 7.46. The van der Waals surface area contributed by atoms with Crippen LogP contribution in [0.4, 0.5) is 0 Å². The summed E-state index contributed by atoms with van der Waals surface area (Å²) in [4.78, 5) is 16.7. The van der Waals surface area contributed by atoms with E-state index in [4.69, 9.17) is 4.74 Å². The SMILES string of the molecule is CC(C)Oc1cc(C(=O)NCc2csc(C3CC3)n2)nn1C. The quantitative estimate of drug-likeness (QED) is 0.888. The number of amides is 1. The smallest absolute Gasteiger partial charge is 0.272 e. The lowest BCUT2D eigenvalue weighted by Gasteiger charge is -2.07. The van der Waals surface area contributed by atoms with Crippen molar-refractivity contribution in [2.45, 2.75) is 45.3 Å². The predicted octanol–water partition coefficient (Wildman–Crippen LogP) is 2.47. The van der Waals surface area contributed by atoms with Crippen LogP contribution in [0.3, 0.4) is 0 Å². The van der Waals surface area contributed by atoms with E-state index in [-0.39, 0.29) is 12.0 Å². The van der Waals surface area contributed by atoms with E-state index in [9.17, 15) is 4.79 Å². The van der Waals surface area contributed by atoms with Gasteiger partial charge in [-0.2, -0.15) is 5.10 Å². The van der Waals surface area contributed by atoms with Crippen LogP contribution in [0.1, 0.15) is 53.8 Å². The van der Waals surface area contributed by atoms with Crippen LogP contribution >= 0.6 is 11.3 Å². The summed E-state index contributed by atoms with van der Waals surface area (Å²) in [7, 11) is 1.76. The second-order valence-electron chi connectivity index (χ2n) is 5.79. The van der Waals surface area contributed by atoms with Crippen molar-refractivity contribution in [3.8, 4) is 5.88 Å². The molecule has 3 rings (SSSR count). The van der Waals surface area contributed by atoms with Gasteiger partial charge in [0.1, 0.15) is 0 Å². The normalized spacial score (nSPS) is 14.4. The maximum Gasteiger partial charge on any atom is 0.272 e. The first kappa shape index (κ1) is 15.0. The van der Waals surface area contributed by atoms with Gasteiger partial charge in [-0.3, -0.25) is 4.79 Å². The average molecular weight is 320 g/mol. The second kappa shape index (κ2) is 6.08. The molecule has 1 aliphatic carbocycles. The highest BCUT2D eigenvalue weighted by atomic mass is 32.1. The molecule has 1 aliphatic rings. The van der Waals surface area contributed by atoms with E-state index in [0.29, 0.717) is 24.0 Å². The molecule has 0 unspecified atom stereocenters. The number of hydrogen-bond acceptors (Lipinski definition) is 5. The Morgan fingerprint density at radius 2 is 2.32 bits per heavy atom. The number of nitrogens with zero attached hydrogens (tertiary/aromatic N) is 3. The summed E-state index contributed by atoms with van der Waals surface area (Å²) in [5.41, 5.74) is 1.27. The monoisotopic (exact) mass is 320 g/mol. The van der Waals surface area contributed by atoms with Crippen LogP contribution in [-0.2, 0) is 13.6 Å². The van der Waals surface area contributed by atoms with Crippen molar-refractivity contribution in [3.63, 3.8) is 0 Å². The highest BCUT2D eigenvalue weighted by molar-refractivity contribution is 7.09. The number of aryl methyl sites for hydroxylation is 1. The van der Waals surface area contributed by atoms with Crippen LogP contribution in [0.15, 0.2) is 11.4 Å². The second-order valence-corrected chi connectivity index (χ2v) is 6.68. The van der Waals surface area contributed by atoms with Crippen molar-refractivity contribution >= 4 is 17.2 Å². The summed E-state index contributed by atoms with van der Waals surface area (Å²) in [6.07, 6.45) is 2.53. The Morgan fingerprint density at radius 3 is 3.00 bits per heavy atom. The van der Waals surface area contributed by atoms with E-state index >= 15 is 0 Å². The van der Waals surface area contributed by atoms with Gasteiger partial charge in [-0.1, -0.05) is 0 Å². The Kier molecular flexibility index (Phi) is 4.15. The van der Waals surface area contributed by atoms with Crippen molar-refractivity contribution < 1.29 is 9.53 Å². The maximum absolute atomic E-state index is 12.2. The highest BCUT2D eigenvalue weighted by Crippen LogP contribution is 2.41. The number of rotatable bonds is 6. The van der Waals surface area contributed by atoms with Gasteiger partial charge in [-0.05, 0) is 26.7 Å². The number of aromatic nitrogens is 3. The van der Waals surface area contributed by atoms with Crippen molar-refractivity contribution in [1.29, 1.82) is 0 Å². The lowest BCUT2D eigenvalue weighted by atomic mass is 10.3. The molecule has 2 aromatic rings. The molecule has 1 fully saturated rings. The van der Waals surface area contributed by atoms with Crippen LogP contribution in [0.5, 0.6) is 5.88 Å². The number of thiazole rings is 1. The zero-order chi connectivity index (χ0) is 15.7. The molecule has 0 radical (unpaired) electrons. The van der Waals surface area contributed by atoms with E-state index < -0.39 is 0 Å². The summed E-state index contributed by atoms with van der Waals surface area (Å²) in [5.74, 6) is 1.03. The summed E-state index contributed by atoms with van der Waals surface area (Å²) >= 11 is 1.68. The lowest BCUT2D eigenvalue weighted by molar-refractivity contribution is 0.0944. The van der Waals surface area contributed by atoms with E-state index in [1.807, 2.05) is 19.2 Å². The minimum absolute atomic E-state index is 0.0437. The van der Waals surface area contributed by atoms with Crippen LogP contribution in [-0.4, -0.2) is 26.8 Å². The molecule has 2 heterocycles. The van der Waals surface area contributed by atoms with Crippen molar-refractivity contribution in [2.24, 2.45) is 7.05 Å². The fourth-order valence-corrected chi connectivity index (χ4v) is 3.09. The van der Waals surface area contributed by atoms with Crippen LogP contribution in [0.25, 0.3) is 0 Å². The molecule has 1 N–H and O–H groups in total. The third-order valence-electron chi connectivity index (χ3n) is 3.35. The molecule has 0 aliphatic heterocycles. The molecule has 6 nitrogen and oxygen atoms in total. The van der Waals surface area contributed by atoms with Gasteiger partial charge in [-0.25, -0.2) is 9.67 Å². The Balaban J connectivity index is 1.58. The molecule has 0 saturated heterocycles. The van der Waals surface area contributed by atoms with E-state index in [1.54, 1.807) is 29.1 Å². The minimum Gasteiger partial charge on any atom is -0.475 e. The van der Waals surface area contributed by atoms with Gasteiger partial charge in [0.05, 0.1) is 23.4 Å². The topological polar surface area (TPSA) is 69.0 Å². The molecule has 2 aromatic heterocycles. The first-order chi connectivity index (χ1) is 10.5. The molecule has 0 bridgehead atoms. The van der Waals surface area contributed by atoms with E-state index in [1.165, 1.54) is 17.8 Å². The number of carbonyl (C=O) groups excluding carboxylic acids is 1. The third-order valence-corrected chi connectivity index (χ3v) is 4.41. The van der Waals surface area contributed by atoms with Crippen LogP contribution in [0, 0.1) is 0 Å². The van der Waals surface area contributed by atoms with Gasteiger partial charge >= 0.3 is 0 Å². The van der Waals surface area contributed by atoms with Crippen LogP contribution < -0.4 is 10.1 Å². The predicted molar refractivity (Wildman–Crippen MR) is 84.2 cm³/mol. The van der Waals surface area contributed by atoms with Gasteiger partial charge in [0, 0.05) is 24.4 Å². The Morgan fingerprint density at radius 1 is 1.55 bits per heavy atom. The largest absolute Gasteiger partial charge is 0.475 e. The Hall–Kier alpha value is -1.89. The van der Waals surface area contributed by atoms with E-state index in [2.05, 4.69) is 15.4 Å². The van der Waals surface area contributed by atoms with Crippen LogP contribution in [0.2, 0.25) is 0 Å². The molecule has 22 heavy (non-hydrogen) atoms.